The molecule has 1 aliphatic heterocycles. The highest BCUT2D eigenvalue weighted by Gasteiger charge is 2.28. The van der Waals surface area contributed by atoms with Gasteiger partial charge in [0.2, 0.25) is 0 Å². The molecule has 0 saturated carbocycles. The third kappa shape index (κ3) is 4.36. The van der Waals surface area contributed by atoms with Crippen LogP contribution in [0.25, 0.3) is 43.4 Å². The molecule has 46 heavy (non-hydrogen) atoms. The number of anilines is 4. The smallest absolute Gasteiger partial charge is 0.196 e. The number of fused-ring (bicyclic) bond motifs is 7. The maximum atomic E-state index is 6.73. The summed E-state index contributed by atoms with van der Waals surface area (Å²) in [4.78, 5) is 2.32. The quantitative estimate of drug-likeness (QED) is 0.202. The lowest BCUT2D eigenvalue weighted by Crippen LogP contribution is -2.10. The standard InChI is InChI=1S/C43H30N2O/c1-3-13-31(14-4-1)43-44-41-39-20-10-9-19-37(39)38-27-26-34(28-40(38)42(41)46-43)45(32-16-5-2-6-17-32)33-24-22-30(23-25-33)36-21-11-15-29-12-7-8-18-35(29)36/h1-28,43-44H. The predicted molar refractivity (Wildman–Crippen MR) is 193 cm³/mol. The lowest BCUT2D eigenvalue weighted by atomic mass is 9.97. The molecule has 0 saturated heterocycles. The molecule has 1 aliphatic rings. The number of para-hydroxylation sites is 1. The Morgan fingerprint density at radius 2 is 1.07 bits per heavy atom. The summed E-state index contributed by atoms with van der Waals surface area (Å²) in [5.41, 5.74) is 7.83. The van der Waals surface area contributed by atoms with Crippen molar-refractivity contribution < 1.29 is 4.74 Å². The number of nitrogens with one attached hydrogen (secondary N) is 1. The van der Waals surface area contributed by atoms with Crippen molar-refractivity contribution in [2.75, 3.05) is 10.2 Å². The normalized spacial score (nSPS) is 13.8. The van der Waals surface area contributed by atoms with E-state index in [2.05, 4.69) is 174 Å². The fraction of sp³-hybridized carbons (Fsp3) is 0.0233. The summed E-state index contributed by atoms with van der Waals surface area (Å²) in [5, 5.41) is 10.8. The van der Waals surface area contributed by atoms with Gasteiger partial charge in [0, 0.05) is 33.4 Å². The van der Waals surface area contributed by atoms with E-state index in [1.807, 2.05) is 6.07 Å². The molecule has 8 aromatic carbocycles. The molecular weight excluding hydrogens is 560 g/mol. The van der Waals surface area contributed by atoms with E-state index in [0.717, 1.165) is 39.4 Å². The van der Waals surface area contributed by atoms with Crippen molar-refractivity contribution in [1.82, 2.24) is 0 Å². The average Bonchev–Trinajstić information content (AvgIpc) is 3.59. The van der Waals surface area contributed by atoms with Crippen LogP contribution in [0, 0.1) is 0 Å². The second-order valence-electron chi connectivity index (χ2n) is 11.8. The van der Waals surface area contributed by atoms with Crippen molar-refractivity contribution in [3.8, 4) is 16.9 Å². The largest absolute Gasteiger partial charge is 0.464 e. The molecule has 0 fully saturated rings. The van der Waals surface area contributed by atoms with Crippen LogP contribution in [0.2, 0.25) is 0 Å². The van der Waals surface area contributed by atoms with Gasteiger partial charge in [0.05, 0.1) is 5.69 Å². The summed E-state index contributed by atoms with van der Waals surface area (Å²) in [6.45, 7) is 0. The van der Waals surface area contributed by atoms with Crippen LogP contribution >= 0.6 is 0 Å². The molecule has 0 aliphatic carbocycles. The van der Waals surface area contributed by atoms with Crippen LogP contribution in [-0.4, -0.2) is 0 Å². The van der Waals surface area contributed by atoms with Gasteiger partial charge in [0.25, 0.3) is 0 Å². The van der Waals surface area contributed by atoms with Crippen molar-refractivity contribution in [3.05, 3.63) is 175 Å². The molecule has 8 aromatic rings. The minimum absolute atomic E-state index is 0.249. The van der Waals surface area contributed by atoms with Crippen LogP contribution in [0.5, 0.6) is 5.75 Å². The van der Waals surface area contributed by atoms with E-state index in [4.69, 9.17) is 4.74 Å². The molecule has 0 bridgehead atoms. The van der Waals surface area contributed by atoms with E-state index in [1.54, 1.807) is 0 Å². The van der Waals surface area contributed by atoms with Gasteiger partial charge in [0.15, 0.2) is 12.0 Å². The summed E-state index contributed by atoms with van der Waals surface area (Å²) in [7, 11) is 0. The fourth-order valence-electron chi connectivity index (χ4n) is 6.90. The average molecular weight is 591 g/mol. The zero-order chi connectivity index (χ0) is 30.5. The minimum atomic E-state index is -0.249. The Balaban J connectivity index is 1.19. The second kappa shape index (κ2) is 10.8. The van der Waals surface area contributed by atoms with E-state index in [0.29, 0.717) is 0 Å². The topological polar surface area (TPSA) is 24.5 Å². The first-order valence-corrected chi connectivity index (χ1v) is 15.7. The fourth-order valence-corrected chi connectivity index (χ4v) is 6.90. The van der Waals surface area contributed by atoms with Crippen molar-refractivity contribution >= 4 is 55.1 Å². The summed E-state index contributed by atoms with van der Waals surface area (Å²) >= 11 is 0. The molecule has 3 nitrogen and oxygen atoms in total. The lowest BCUT2D eigenvalue weighted by molar-refractivity contribution is 0.262. The van der Waals surface area contributed by atoms with Gasteiger partial charge in [0.1, 0.15) is 0 Å². The third-order valence-electron chi connectivity index (χ3n) is 9.07. The zero-order valence-corrected chi connectivity index (χ0v) is 25.1. The van der Waals surface area contributed by atoms with Gasteiger partial charge in [-0.1, -0.05) is 133 Å². The molecule has 3 heteroatoms. The summed E-state index contributed by atoms with van der Waals surface area (Å²) in [5.74, 6) is 0.892. The predicted octanol–water partition coefficient (Wildman–Crippen LogP) is 11.8. The Labute approximate surface area is 267 Å². The first kappa shape index (κ1) is 26.4. The van der Waals surface area contributed by atoms with Gasteiger partial charge in [-0.05, 0) is 69.1 Å². The van der Waals surface area contributed by atoms with Crippen molar-refractivity contribution in [1.29, 1.82) is 0 Å². The number of rotatable bonds is 5. The minimum Gasteiger partial charge on any atom is -0.464 e. The molecule has 218 valence electrons. The molecule has 0 spiro atoms. The highest BCUT2D eigenvalue weighted by molar-refractivity contribution is 6.18. The van der Waals surface area contributed by atoms with E-state index in [1.165, 1.54) is 38.1 Å². The van der Waals surface area contributed by atoms with Crippen LogP contribution in [0.1, 0.15) is 11.8 Å². The molecule has 9 rings (SSSR count). The van der Waals surface area contributed by atoms with Gasteiger partial charge < -0.3 is 15.0 Å². The zero-order valence-electron chi connectivity index (χ0n) is 25.1. The van der Waals surface area contributed by atoms with Gasteiger partial charge in [-0.25, -0.2) is 0 Å². The van der Waals surface area contributed by atoms with E-state index < -0.39 is 0 Å². The Bertz CT molecular complexity index is 2360. The Kier molecular flexibility index (Phi) is 6.20. The molecule has 1 heterocycles. The molecule has 0 amide bonds. The highest BCUT2D eigenvalue weighted by atomic mass is 16.5. The summed E-state index contributed by atoms with van der Waals surface area (Å²) in [6.07, 6.45) is -0.249. The van der Waals surface area contributed by atoms with Crippen molar-refractivity contribution in [2.24, 2.45) is 0 Å². The molecule has 1 N–H and O–H groups in total. The van der Waals surface area contributed by atoms with Gasteiger partial charge in [-0.2, -0.15) is 0 Å². The van der Waals surface area contributed by atoms with Crippen LogP contribution in [0.3, 0.4) is 0 Å². The molecule has 1 unspecified atom stereocenters. The number of ether oxygens (including phenoxy) is 1. The van der Waals surface area contributed by atoms with Crippen LogP contribution in [0.4, 0.5) is 22.7 Å². The molecular formula is C43H30N2O. The summed E-state index contributed by atoms with van der Waals surface area (Å²) < 4.78 is 6.73. The first-order chi connectivity index (χ1) is 22.8. The monoisotopic (exact) mass is 590 g/mol. The molecule has 1 atom stereocenters. The second-order valence-corrected chi connectivity index (χ2v) is 11.8. The first-order valence-electron chi connectivity index (χ1n) is 15.7. The van der Waals surface area contributed by atoms with Crippen LogP contribution < -0.4 is 15.0 Å². The Morgan fingerprint density at radius 3 is 1.87 bits per heavy atom. The van der Waals surface area contributed by atoms with E-state index in [-0.39, 0.29) is 6.23 Å². The van der Waals surface area contributed by atoms with E-state index >= 15 is 0 Å². The third-order valence-corrected chi connectivity index (χ3v) is 9.07. The van der Waals surface area contributed by atoms with Gasteiger partial charge >= 0.3 is 0 Å². The number of hydrogen-bond acceptors (Lipinski definition) is 3. The Hall–Kier alpha value is -6.06. The van der Waals surface area contributed by atoms with Crippen molar-refractivity contribution in [3.63, 3.8) is 0 Å². The van der Waals surface area contributed by atoms with Crippen LogP contribution in [-0.2, 0) is 0 Å². The lowest BCUT2D eigenvalue weighted by Gasteiger charge is -2.26. The number of benzene rings is 8. The molecule has 0 aromatic heterocycles. The maximum Gasteiger partial charge on any atom is 0.196 e. The van der Waals surface area contributed by atoms with Crippen molar-refractivity contribution in [2.45, 2.75) is 6.23 Å². The van der Waals surface area contributed by atoms with Gasteiger partial charge in [-0.3, -0.25) is 0 Å². The van der Waals surface area contributed by atoms with E-state index in [9.17, 15) is 0 Å². The number of hydrogen-bond donors (Lipinski definition) is 1. The number of nitrogens with zero attached hydrogens (tertiary/aromatic N) is 1. The molecule has 0 radical (unpaired) electrons. The summed E-state index contributed by atoms with van der Waals surface area (Å²) in [6, 6.07) is 60.3. The SMILES string of the molecule is c1ccc(C2Nc3c(c4cc(N(c5ccccc5)c5ccc(-c6cccc7ccccc67)cc5)ccc4c4ccccc34)O2)cc1. The Morgan fingerprint density at radius 1 is 0.457 bits per heavy atom. The highest BCUT2D eigenvalue weighted by Crippen LogP contribution is 2.50. The van der Waals surface area contributed by atoms with Crippen LogP contribution in [0.15, 0.2) is 170 Å². The van der Waals surface area contributed by atoms with Gasteiger partial charge in [-0.15, -0.1) is 0 Å². The maximum absolute atomic E-state index is 6.73.